The van der Waals surface area contributed by atoms with Gasteiger partial charge < -0.3 is 4.74 Å². The lowest BCUT2D eigenvalue weighted by atomic mass is 9.84. The van der Waals surface area contributed by atoms with E-state index in [2.05, 4.69) is 13.8 Å². The van der Waals surface area contributed by atoms with Crippen LogP contribution in [0.2, 0.25) is 0 Å². The highest BCUT2D eigenvalue weighted by molar-refractivity contribution is 5.81. The molecule has 0 aromatic heterocycles. The topological polar surface area (TPSA) is 26.3 Å². The Morgan fingerprint density at radius 1 is 1.33 bits per heavy atom. The maximum Gasteiger partial charge on any atom is 0.136 e. The van der Waals surface area contributed by atoms with Crippen LogP contribution in [-0.4, -0.2) is 17.5 Å². The number of hydrogen-bond acceptors (Lipinski definition) is 2. The molecule has 2 unspecified atom stereocenters. The SMILES string of the molecule is CC1(C)CCC(CC2CCCCC2=O)O1. The molecule has 1 saturated heterocycles. The summed E-state index contributed by atoms with van der Waals surface area (Å²) in [5.41, 5.74) is 0.0440. The van der Waals surface area contributed by atoms with Gasteiger partial charge in [0.05, 0.1) is 11.7 Å². The van der Waals surface area contributed by atoms with Crippen molar-refractivity contribution in [2.75, 3.05) is 0 Å². The average Bonchev–Trinajstić information content (AvgIpc) is 2.50. The number of carbonyl (C=O) groups excluding carboxylic acids is 1. The van der Waals surface area contributed by atoms with Crippen molar-refractivity contribution in [2.45, 2.75) is 70.5 Å². The van der Waals surface area contributed by atoms with Crippen molar-refractivity contribution in [1.29, 1.82) is 0 Å². The number of hydrogen-bond donors (Lipinski definition) is 0. The summed E-state index contributed by atoms with van der Waals surface area (Å²) >= 11 is 0. The van der Waals surface area contributed by atoms with Crippen molar-refractivity contribution in [3.63, 3.8) is 0 Å². The molecule has 15 heavy (non-hydrogen) atoms. The lowest BCUT2D eigenvalue weighted by Gasteiger charge is -2.25. The molecule has 1 heterocycles. The molecule has 0 radical (unpaired) electrons. The second-order valence-electron chi connectivity index (χ2n) is 5.68. The summed E-state index contributed by atoms with van der Waals surface area (Å²) in [4.78, 5) is 11.7. The van der Waals surface area contributed by atoms with E-state index in [9.17, 15) is 4.79 Å². The molecule has 2 rings (SSSR count). The second-order valence-corrected chi connectivity index (χ2v) is 5.68. The van der Waals surface area contributed by atoms with E-state index < -0.39 is 0 Å². The van der Waals surface area contributed by atoms with Crippen molar-refractivity contribution >= 4 is 5.78 Å². The zero-order valence-corrected chi connectivity index (χ0v) is 9.92. The first kappa shape index (κ1) is 11.1. The molecular formula is C13H22O2. The average molecular weight is 210 g/mol. The highest BCUT2D eigenvalue weighted by atomic mass is 16.5. The van der Waals surface area contributed by atoms with Gasteiger partial charge in [0, 0.05) is 12.3 Å². The van der Waals surface area contributed by atoms with Gasteiger partial charge in [-0.3, -0.25) is 4.79 Å². The van der Waals surface area contributed by atoms with Gasteiger partial charge in [-0.15, -0.1) is 0 Å². The molecule has 2 atom stereocenters. The summed E-state index contributed by atoms with van der Waals surface area (Å²) in [5.74, 6) is 0.784. The van der Waals surface area contributed by atoms with Crippen molar-refractivity contribution in [3.05, 3.63) is 0 Å². The van der Waals surface area contributed by atoms with Crippen molar-refractivity contribution in [2.24, 2.45) is 5.92 Å². The van der Waals surface area contributed by atoms with E-state index in [1.165, 1.54) is 6.42 Å². The maximum absolute atomic E-state index is 11.7. The lowest BCUT2D eigenvalue weighted by Crippen LogP contribution is -2.26. The normalized spacial score (nSPS) is 35.7. The van der Waals surface area contributed by atoms with Gasteiger partial charge in [-0.1, -0.05) is 6.42 Å². The van der Waals surface area contributed by atoms with E-state index in [-0.39, 0.29) is 5.60 Å². The predicted octanol–water partition coefficient (Wildman–Crippen LogP) is 3.09. The van der Waals surface area contributed by atoms with Crippen LogP contribution >= 0.6 is 0 Å². The molecule has 0 N–H and O–H groups in total. The Morgan fingerprint density at radius 3 is 2.73 bits per heavy atom. The zero-order chi connectivity index (χ0) is 10.9. The minimum Gasteiger partial charge on any atom is -0.372 e. The Labute approximate surface area is 92.4 Å². The monoisotopic (exact) mass is 210 g/mol. The third-order valence-electron chi connectivity index (χ3n) is 3.78. The summed E-state index contributed by atoms with van der Waals surface area (Å²) in [6.45, 7) is 4.30. The summed E-state index contributed by atoms with van der Waals surface area (Å²) in [6, 6.07) is 0. The highest BCUT2D eigenvalue weighted by Crippen LogP contribution is 2.35. The van der Waals surface area contributed by atoms with Crippen molar-refractivity contribution in [3.8, 4) is 0 Å². The Bertz CT molecular complexity index is 245. The lowest BCUT2D eigenvalue weighted by molar-refractivity contribution is -0.126. The molecule has 0 aromatic rings. The number of ketones is 1. The molecule has 2 fully saturated rings. The number of carbonyl (C=O) groups is 1. The van der Waals surface area contributed by atoms with E-state index in [4.69, 9.17) is 4.74 Å². The number of Topliss-reactive ketones (excluding diaryl/α,β-unsaturated/α-hetero) is 1. The van der Waals surface area contributed by atoms with E-state index in [0.717, 1.165) is 38.5 Å². The first-order chi connectivity index (χ1) is 7.07. The fourth-order valence-electron chi connectivity index (χ4n) is 2.87. The molecule has 0 aromatic carbocycles. The predicted molar refractivity (Wildman–Crippen MR) is 59.8 cm³/mol. The molecule has 1 aliphatic heterocycles. The largest absolute Gasteiger partial charge is 0.372 e. The Hall–Kier alpha value is -0.370. The van der Waals surface area contributed by atoms with Crippen LogP contribution in [0.25, 0.3) is 0 Å². The minimum atomic E-state index is 0.0440. The van der Waals surface area contributed by atoms with Gasteiger partial charge in [-0.05, 0) is 46.0 Å². The van der Waals surface area contributed by atoms with Crippen molar-refractivity contribution in [1.82, 2.24) is 0 Å². The molecular weight excluding hydrogens is 188 g/mol. The van der Waals surface area contributed by atoms with Crippen LogP contribution in [-0.2, 0) is 9.53 Å². The molecule has 0 bridgehead atoms. The van der Waals surface area contributed by atoms with Gasteiger partial charge in [0.15, 0.2) is 0 Å². The summed E-state index contributed by atoms with van der Waals surface area (Å²) < 4.78 is 5.95. The highest BCUT2D eigenvalue weighted by Gasteiger charge is 2.34. The van der Waals surface area contributed by atoms with Gasteiger partial charge in [0.2, 0.25) is 0 Å². The Morgan fingerprint density at radius 2 is 2.13 bits per heavy atom. The van der Waals surface area contributed by atoms with Gasteiger partial charge in [0.1, 0.15) is 5.78 Å². The molecule has 86 valence electrons. The van der Waals surface area contributed by atoms with E-state index in [0.29, 0.717) is 17.8 Å². The van der Waals surface area contributed by atoms with E-state index in [1.807, 2.05) is 0 Å². The summed E-state index contributed by atoms with van der Waals surface area (Å²) in [5, 5.41) is 0. The smallest absolute Gasteiger partial charge is 0.136 e. The molecule has 2 aliphatic rings. The molecule has 1 saturated carbocycles. The van der Waals surface area contributed by atoms with Crippen LogP contribution < -0.4 is 0 Å². The van der Waals surface area contributed by atoms with Crippen LogP contribution in [0.1, 0.15) is 58.8 Å². The first-order valence-electron chi connectivity index (χ1n) is 6.27. The Kier molecular flexibility index (Phi) is 3.15. The molecule has 0 amide bonds. The van der Waals surface area contributed by atoms with Crippen LogP contribution in [0.4, 0.5) is 0 Å². The first-order valence-corrected chi connectivity index (χ1v) is 6.27. The van der Waals surface area contributed by atoms with Crippen molar-refractivity contribution < 1.29 is 9.53 Å². The number of rotatable bonds is 2. The second kappa shape index (κ2) is 4.25. The summed E-state index contributed by atoms with van der Waals surface area (Å²) in [7, 11) is 0. The van der Waals surface area contributed by atoms with Crippen LogP contribution in [0.15, 0.2) is 0 Å². The van der Waals surface area contributed by atoms with Crippen LogP contribution in [0, 0.1) is 5.92 Å². The third-order valence-corrected chi connectivity index (χ3v) is 3.78. The quantitative estimate of drug-likeness (QED) is 0.700. The standard InChI is InChI=1S/C13H22O2/c1-13(2)8-7-11(15-13)9-10-5-3-4-6-12(10)14/h10-11H,3-9H2,1-2H3. The van der Waals surface area contributed by atoms with Gasteiger partial charge in [-0.25, -0.2) is 0 Å². The minimum absolute atomic E-state index is 0.0440. The fourth-order valence-corrected chi connectivity index (χ4v) is 2.87. The molecule has 1 aliphatic carbocycles. The molecule has 0 spiro atoms. The molecule has 2 heteroatoms. The Balaban J connectivity index is 1.84. The van der Waals surface area contributed by atoms with Gasteiger partial charge >= 0.3 is 0 Å². The summed E-state index contributed by atoms with van der Waals surface area (Å²) in [6.07, 6.45) is 7.82. The maximum atomic E-state index is 11.7. The number of ether oxygens (including phenoxy) is 1. The van der Waals surface area contributed by atoms with Crippen LogP contribution in [0.5, 0.6) is 0 Å². The van der Waals surface area contributed by atoms with Gasteiger partial charge in [0.25, 0.3) is 0 Å². The third kappa shape index (κ3) is 2.81. The zero-order valence-electron chi connectivity index (χ0n) is 9.92. The van der Waals surface area contributed by atoms with Gasteiger partial charge in [-0.2, -0.15) is 0 Å². The van der Waals surface area contributed by atoms with E-state index in [1.54, 1.807) is 0 Å². The fraction of sp³-hybridized carbons (Fsp3) is 0.923. The van der Waals surface area contributed by atoms with E-state index >= 15 is 0 Å². The molecule has 2 nitrogen and oxygen atoms in total. The van der Waals surface area contributed by atoms with Crippen LogP contribution in [0.3, 0.4) is 0 Å².